The number of carbonyl (C=O) groups is 3. The number of benzene rings is 2. The molecular weight excluding hydrogens is 378 g/mol. The molecule has 2 aromatic carbocycles. The third-order valence-corrected chi connectivity index (χ3v) is 5.56. The molecule has 1 aliphatic heterocycles. The number of amides is 2. The second kappa shape index (κ2) is 9.03. The van der Waals surface area contributed by atoms with E-state index < -0.39 is 23.5 Å². The van der Waals surface area contributed by atoms with Crippen LogP contribution in [0.15, 0.2) is 53.6 Å². The van der Waals surface area contributed by atoms with Gasteiger partial charge < -0.3 is 5.32 Å². The van der Waals surface area contributed by atoms with Crippen molar-refractivity contribution in [2.75, 3.05) is 10.3 Å². The molecule has 0 radical (unpaired) electrons. The number of nitrogens with zero attached hydrogens (tertiary/aromatic N) is 2. The molecular formula is C24H27N3O3. The van der Waals surface area contributed by atoms with Gasteiger partial charge in [0.1, 0.15) is 5.92 Å². The van der Waals surface area contributed by atoms with Crippen LogP contribution in [-0.2, 0) is 20.8 Å². The zero-order valence-electron chi connectivity index (χ0n) is 17.8. The van der Waals surface area contributed by atoms with Gasteiger partial charge in [-0.15, -0.1) is 0 Å². The van der Waals surface area contributed by atoms with Crippen molar-refractivity contribution in [3.8, 4) is 0 Å². The third kappa shape index (κ3) is 4.03. The topological polar surface area (TPSA) is 78.8 Å². The van der Waals surface area contributed by atoms with E-state index in [0.29, 0.717) is 17.1 Å². The highest BCUT2D eigenvalue weighted by Crippen LogP contribution is 2.31. The van der Waals surface area contributed by atoms with Crippen LogP contribution in [0.3, 0.4) is 0 Å². The summed E-state index contributed by atoms with van der Waals surface area (Å²) in [6.07, 6.45) is 1.63. The zero-order valence-corrected chi connectivity index (χ0v) is 17.8. The average Bonchev–Trinajstić information content (AvgIpc) is 3.07. The number of para-hydroxylation sites is 2. The highest BCUT2D eigenvalue weighted by Gasteiger charge is 2.42. The zero-order chi connectivity index (χ0) is 21.8. The van der Waals surface area contributed by atoms with Gasteiger partial charge in [0.05, 0.1) is 11.4 Å². The van der Waals surface area contributed by atoms with Gasteiger partial charge >= 0.3 is 0 Å². The van der Waals surface area contributed by atoms with E-state index in [1.54, 1.807) is 31.2 Å². The van der Waals surface area contributed by atoms with Crippen LogP contribution in [0.5, 0.6) is 0 Å². The van der Waals surface area contributed by atoms with E-state index in [2.05, 4.69) is 24.3 Å². The van der Waals surface area contributed by atoms with Crippen molar-refractivity contribution in [3.63, 3.8) is 0 Å². The summed E-state index contributed by atoms with van der Waals surface area (Å²) in [5.74, 6) is -3.06. The highest BCUT2D eigenvalue weighted by atomic mass is 16.2. The van der Waals surface area contributed by atoms with Gasteiger partial charge in [-0.2, -0.15) is 10.1 Å². The number of hydrazone groups is 1. The predicted molar refractivity (Wildman–Crippen MR) is 119 cm³/mol. The molecule has 0 saturated carbocycles. The van der Waals surface area contributed by atoms with Gasteiger partial charge in [0, 0.05) is 5.69 Å². The molecule has 156 valence electrons. The minimum Gasteiger partial charge on any atom is -0.319 e. The summed E-state index contributed by atoms with van der Waals surface area (Å²) >= 11 is 0. The molecule has 0 fully saturated rings. The Morgan fingerprint density at radius 2 is 1.80 bits per heavy atom. The van der Waals surface area contributed by atoms with Crippen LogP contribution in [0.1, 0.15) is 51.2 Å². The number of anilines is 2. The Kier molecular flexibility index (Phi) is 6.45. The maximum absolute atomic E-state index is 13.0. The number of Topliss-reactive ketones (excluding diaryl/α,β-unsaturated/α-hetero) is 1. The van der Waals surface area contributed by atoms with Gasteiger partial charge in [0.2, 0.25) is 5.78 Å². The number of ketones is 1. The number of hydrogen-bond acceptors (Lipinski definition) is 4. The fraction of sp³-hybridized carbons (Fsp3) is 0.333. The molecule has 6 heteroatoms. The number of aryl methyl sites for hydroxylation is 1. The largest absolute Gasteiger partial charge is 0.319 e. The first-order chi connectivity index (χ1) is 14.4. The van der Waals surface area contributed by atoms with Crippen LogP contribution in [-0.4, -0.2) is 23.3 Å². The Bertz CT molecular complexity index is 998. The van der Waals surface area contributed by atoms with Crippen LogP contribution in [0.25, 0.3) is 0 Å². The van der Waals surface area contributed by atoms with E-state index >= 15 is 0 Å². The van der Waals surface area contributed by atoms with Crippen LogP contribution in [0.2, 0.25) is 0 Å². The lowest BCUT2D eigenvalue weighted by molar-refractivity contribution is -0.138. The summed E-state index contributed by atoms with van der Waals surface area (Å²) in [5.41, 5.74) is 3.51. The van der Waals surface area contributed by atoms with Crippen LogP contribution in [0.4, 0.5) is 11.4 Å². The SMILES string of the molecule is CCc1cccc([C@@H](C)CC)c1NC(=O)C(=O)[C@@H]1C(=O)N(c2ccccc2)N=C1C. The van der Waals surface area contributed by atoms with E-state index in [0.717, 1.165) is 24.0 Å². The van der Waals surface area contributed by atoms with E-state index in [1.165, 1.54) is 5.01 Å². The van der Waals surface area contributed by atoms with Crippen molar-refractivity contribution in [1.29, 1.82) is 0 Å². The molecule has 0 bridgehead atoms. The summed E-state index contributed by atoms with van der Waals surface area (Å²) in [6.45, 7) is 7.76. The van der Waals surface area contributed by atoms with Crippen molar-refractivity contribution < 1.29 is 14.4 Å². The standard InChI is InChI=1S/C24H27N3O3/c1-5-15(3)19-14-10-11-17(6-2)21(19)25-23(29)22(28)20-16(4)26-27(24(20)30)18-12-8-7-9-13-18/h7-15,20H,5-6H2,1-4H3,(H,25,29)/t15-,20+/m0/s1. The normalized spacial score (nSPS) is 16.9. The van der Waals surface area contributed by atoms with Crippen molar-refractivity contribution in [1.82, 2.24) is 0 Å². The molecule has 30 heavy (non-hydrogen) atoms. The smallest absolute Gasteiger partial charge is 0.293 e. The number of rotatable bonds is 7. The van der Waals surface area contributed by atoms with E-state index in [9.17, 15) is 14.4 Å². The van der Waals surface area contributed by atoms with Crippen LogP contribution < -0.4 is 10.3 Å². The molecule has 0 spiro atoms. The third-order valence-electron chi connectivity index (χ3n) is 5.56. The minimum atomic E-state index is -1.20. The molecule has 3 rings (SSSR count). The monoisotopic (exact) mass is 405 g/mol. The van der Waals surface area contributed by atoms with Gasteiger partial charge in [-0.25, -0.2) is 0 Å². The second-order valence-electron chi connectivity index (χ2n) is 7.52. The Labute approximate surface area is 177 Å². The molecule has 0 aliphatic carbocycles. The first kappa shape index (κ1) is 21.4. The summed E-state index contributed by atoms with van der Waals surface area (Å²) in [6, 6.07) is 14.7. The summed E-state index contributed by atoms with van der Waals surface area (Å²) < 4.78 is 0. The second-order valence-corrected chi connectivity index (χ2v) is 7.52. The van der Waals surface area contributed by atoms with Gasteiger partial charge in [0.25, 0.3) is 11.8 Å². The predicted octanol–water partition coefficient (Wildman–Crippen LogP) is 4.31. The maximum atomic E-state index is 13.0. The van der Waals surface area contributed by atoms with Gasteiger partial charge in [0.15, 0.2) is 0 Å². The van der Waals surface area contributed by atoms with Crippen molar-refractivity contribution in [2.24, 2.45) is 11.0 Å². The molecule has 0 aromatic heterocycles. The van der Waals surface area contributed by atoms with E-state index in [4.69, 9.17) is 0 Å². The van der Waals surface area contributed by atoms with Crippen molar-refractivity contribution in [2.45, 2.75) is 46.5 Å². The quantitative estimate of drug-likeness (QED) is 0.551. The number of hydrogen-bond donors (Lipinski definition) is 1. The minimum absolute atomic E-state index is 0.229. The first-order valence-electron chi connectivity index (χ1n) is 10.3. The first-order valence-corrected chi connectivity index (χ1v) is 10.3. The van der Waals surface area contributed by atoms with E-state index in [-0.39, 0.29) is 5.92 Å². The van der Waals surface area contributed by atoms with Gasteiger partial charge in [-0.3, -0.25) is 14.4 Å². The Morgan fingerprint density at radius 1 is 1.10 bits per heavy atom. The molecule has 1 aliphatic rings. The molecule has 2 atom stereocenters. The molecule has 2 aromatic rings. The molecule has 6 nitrogen and oxygen atoms in total. The van der Waals surface area contributed by atoms with Crippen molar-refractivity contribution >= 4 is 34.7 Å². The molecule has 2 amide bonds. The molecule has 1 heterocycles. The fourth-order valence-electron chi connectivity index (χ4n) is 3.63. The summed E-state index contributed by atoms with van der Waals surface area (Å²) in [7, 11) is 0. The molecule has 1 N–H and O–H groups in total. The van der Waals surface area contributed by atoms with Crippen molar-refractivity contribution in [3.05, 3.63) is 59.7 Å². The van der Waals surface area contributed by atoms with Crippen LogP contribution in [0, 0.1) is 5.92 Å². The fourth-order valence-corrected chi connectivity index (χ4v) is 3.63. The Balaban J connectivity index is 1.85. The molecule has 0 unspecified atom stereocenters. The Hall–Kier alpha value is -3.28. The number of carbonyl (C=O) groups excluding carboxylic acids is 3. The van der Waals surface area contributed by atoms with E-state index in [1.807, 2.05) is 31.2 Å². The average molecular weight is 405 g/mol. The Morgan fingerprint density at radius 3 is 2.43 bits per heavy atom. The highest BCUT2D eigenvalue weighted by molar-refractivity contribution is 6.50. The lowest BCUT2D eigenvalue weighted by atomic mass is 9.93. The lowest BCUT2D eigenvalue weighted by Crippen LogP contribution is -2.39. The number of nitrogens with one attached hydrogen (secondary N) is 1. The summed E-state index contributed by atoms with van der Waals surface area (Å²) in [5, 5.41) is 8.22. The van der Waals surface area contributed by atoms with Gasteiger partial charge in [-0.05, 0) is 48.9 Å². The molecule has 0 saturated heterocycles. The van der Waals surface area contributed by atoms with Gasteiger partial charge in [-0.1, -0.05) is 57.2 Å². The van der Waals surface area contributed by atoms with Crippen LogP contribution >= 0.6 is 0 Å². The lowest BCUT2D eigenvalue weighted by Gasteiger charge is -2.19. The summed E-state index contributed by atoms with van der Waals surface area (Å²) in [4.78, 5) is 38.7. The maximum Gasteiger partial charge on any atom is 0.293 e.